The predicted molar refractivity (Wildman–Crippen MR) is 121 cm³/mol. The van der Waals surface area contributed by atoms with Crippen LogP contribution in [0.25, 0.3) is 0 Å². The molecule has 0 spiro atoms. The van der Waals surface area contributed by atoms with Crippen molar-refractivity contribution >= 4 is 29.9 Å². The van der Waals surface area contributed by atoms with Gasteiger partial charge in [-0.15, -0.1) is 24.0 Å². The zero-order chi connectivity index (χ0) is 19.8. The minimum absolute atomic E-state index is 0. The number of nitrogens with zero attached hydrogens (tertiary/aromatic N) is 2. The molecule has 3 N–H and O–H groups in total. The Labute approximate surface area is 182 Å². The molecule has 154 valence electrons. The molecular weight excluding hydrogens is 474 g/mol. The number of rotatable bonds is 8. The van der Waals surface area contributed by atoms with Crippen molar-refractivity contribution < 1.29 is 13.9 Å². The lowest BCUT2D eigenvalue weighted by atomic mass is 10.1. The number of benzene rings is 2. The minimum Gasteiger partial charge on any atom is -0.493 e. The van der Waals surface area contributed by atoms with Crippen LogP contribution in [-0.2, 0) is 6.54 Å². The summed E-state index contributed by atoms with van der Waals surface area (Å²) in [5, 5.41) is 3.11. The number of nitrogens with two attached hydrogens (primary N) is 1. The maximum Gasteiger partial charge on any atom is 0.188 e. The van der Waals surface area contributed by atoms with Gasteiger partial charge in [0.15, 0.2) is 17.5 Å². The molecule has 0 aromatic heterocycles. The molecule has 0 aliphatic heterocycles. The Morgan fingerprint density at radius 2 is 1.86 bits per heavy atom. The number of methoxy groups -OCH3 is 2. The van der Waals surface area contributed by atoms with Crippen molar-refractivity contribution in [3.63, 3.8) is 0 Å². The zero-order valence-electron chi connectivity index (χ0n) is 16.6. The van der Waals surface area contributed by atoms with Crippen LogP contribution in [0.4, 0.5) is 4.39 Å². The number of nitrogens with one attached hydrogen (secondary N) is 1. The lowest BCUT2D eigenvalue weighted by Crippen LogP contribution is -2.38. The van der Waals surface area contributed by atoms with Crippen LogP contribution in [0, 0.1) is 5.82 Å². The quantitative estimate of drug-likeness (QED) is 0.330. The first-order valence-electron chi connectivity index (χ1n) is 8.61. The average Bonchev–Trinajstić information content (AvgIpc) is 2.66. The highest BCUT2D eigenvalue weighted by molar-refractivity contribution is 14.0. The largest absolute Gasteiger partial charge is 0.493 e. The van der Waals surface area contributed by atoms with Crippen molar-refractivity contribution in [2.45, 2.75) is 12.6 Å². The molecule has 1 unspecified atom stereocenters. The van der Waals surface area contributed by atoms with Gasteiger partial charge in [0.25, 0.3) is 0 Å². The molecule has 2 aromatic carbocycles. The molecule has 0 saturated heterocycles. The molecule has 0 saturated carbocycles. The van der Waals surface area contributed by atoms with Gasteiger partial charge in [-0.3, -0.25) is 0 Å². The maximum atomic E-state index is 13.5. The van der Waals surface area contributed by atoms with Crippen LogP contribution in [0.2, 0.25) is 0 Å². The van der Waals surface area contributed by atoms with Gasteiger partial charge in [-0.2, -0.15) is 0 Å². The third-order valence-corrected chi connectivity index (χ3v) is 4.21. The standard InChI is InChI=1S/C20H27FN4O2.HI/c1-25(2)17(15-6-5-7-16(21)11-15)13-24-20(22)23-12-14-8-9-18(26-3)19(10-14)27-4;/h5-11,17H,12-13H2,1-4H3,(H3,22,23,24);1H. The van der Waals surface area contributed by atoms with Crippen molar-refractivity contribution in [3.8, 4) is 11.5 Å². The van der Waals surface area contributed by atoms with Gasteiger partial charge in [0.05, 0.1) is 26.8 Å². The van der Waals surface area contributed by atoms with E-state index in [-0.39, 0.29) is 35.8 Å². The SMILES string of the molecule is COc1ccc(CN=C(N)NCC(c2cccc(F)c2)N(C)C)cc1OC.I. The fourth-order valence-corrected chi connectivity index (χ4v) is 2.73. The number of aliphatic imine (C=N–C) groups is 1. The highest BCUT2D eigenvalue weighted by atomic mass is 127. The summed E-state index contributed by atoms with van der Waals surface area (Å²) in [5.41, 5.74) is 7.82. The average molecular weight is 502 g/mol. The first kappa shape index (κ1) is 24.0. The molecule has 0 aliphatic rings. The Balaban J connectivity index is 0.00000392. The van der Waals surface area contributed by atoms with Gasteiger partial charge >= 0.3 is 0 Å². The van der Waals surface area contributed by atoms with E-state index in [1.807, 2.05) is 43.3 Å². The maximum absolute atomic E-state index is 13.5. The second-order valence-electron chi connectivity index (χ2n) is 6.31. The summed E-state index contributed by atoms with van der Waals surface area (Å²) < 4.78 is 24.0. The fourth-order valence-electron chi connectivity index (χ4n) is 2.73. The second-order valence-corrected chi connectivity index (χ2v) is 6.31. The molecule has 0 fully saturated rings. The zero-order valence-corrected chi connectivity index (χ0v) is 18.9. The molecule has 0 amide bonds. The number of ether oxygens (including phenoxy) is 2. The smallest absolute Gasteiger partial charge is 0.188 e. The normalized spacial score (nSPS) is 12.3. The van der Waals surface area contributed by atoms with E-state index in [4.69, 9.17) is 15.2 Å². The number of halogens is 2. The molecule has 28 heavy (non-hydrogen) atoms. The van der Waals surface area contributed by atoms with E-state index in [0.717, 1.165) is 11.1 Å². The Morgan fingerprint density at radius 1 is 1.14 bits per heavy atom. The Bertz CT molecular complexity index is 787. The molecule has 0 heterocycles. The minimum atomic E-state index is -0.255. The lowest BCUT2D eigenvalue weighted by Gasteiger charge is -2.25. The molecule has 0 bridgehead atoms. The first-order valence-corrected chi connectivity index (χ1v) is 8.61. The van der Waals surface area contributed by atoms with E-state index in [2.05, 4.69) is 10.3 Å². The van der Waals surface area contributed by atoms with E-state index in [9.17, 15) is 4.39 Å². The molecule has 0 radical (unpaired) electrons. The summed E-state index contributed by atoms with van der Waals surface area (Å²) in [4.78, 5) is 6.37. The van der Waals surface area contributed by atoms with E-state index in [1.54, 1.807) is 20.3 Å². The summed E-state index contributed by atoms with van der Waals surface area (Å²) in [5.74, 6) is 1.39. The number of hydrogen-bond acceptors (Lipinski definition) is 4. The van der Waals surface area contributed by atoms with Crippen molar-refractivity contribution in [3.05, 3.63) is 59.4 Å². The van der Waals surface area contributed by atoms with E-state index in [1.165, 1.54) is 12.1 Å². The van der Waals surface area contributed by atoms with Crippen molar-refractivity contribution in [2.75, 3.05) is 34.9 Å². The molecule has 2 rings (SSSR count). The van der Waals surface area contributed by atoms with Gasteiger partial charge in [-0.1, -0.05) is 18.2 Å². The van der Waals surface area contributed by atoms with E-state index < -0.39 is 0 Å². The van der Waals surface area contributed by atoms with Crippen molar-refractivity contribution in [2.24, 2.45) is 10.7 Å². The highest BCUT2D eigenvalue weighted by Crippen LogP contribution is 2.27. The van der Waals surface area contributed by atoms with Crippen LogP contribution in [0.3, 0.4) is 0 Å². The molecule has 0 aliphatic carbocycles. The van der Waals surface area contributed by atoms with Gasteiger partial charge < -0.3 is 25.4 Å². The second kappa shape index (κ2) is 11.7. The Kier molecular flexibility index (Phi) is 10.0. The summed E-state index contributed by atoms with van der Waals surface area (Å²) in [7, 11) is 7.06. The van der Waals surface area contributed by atoms with Crippen LogP contribution in [0.5, 0.6) is 11.5 Å². The van der Waals surface area contributed by atoms with Crippen molar-refractivity contribution in [1.82, 2.24) is 10.2 Å². The molecule has 2 aromatic rings. The van der Waals surface area contributed by atoms with Gasteiger partial charge in [-0.05, 0) is 49.5 Å². The summed E-state index contributed by atoms with van der Waals surface area (Å²) in [6, 6.07) is 12.1. The van der Waals surface area contributed by atoms with Gasteiger partial charge in [0, 0.05) is 6.54 Å². The van der Waals surface area contributed by atoms with Gasteiger partial charge in [-0.25, -0.2) is 9.38 Å². The summed E-state index contributed by atoms with van der Waals surface area (Å²) in [6.45, 7) is 0.920. The third-order valence-electron chi connectivity index (χ3n) is 4.21. The number of likely N-dealkylation sites (N-methyl/N-ethyl adjacent to an activating group) is 1. The van der Waals surface area contributed by atoms with Crippen molar-refractivity contribution in [1.29, 1.82) is 0 Å². The molecular formula is C20H28FIN4O2. The third kappa shape index (κ3) is 6.83. The molecule has 8 heteroatoms. The van der Waals surface area contributed by atoms with Crippen LogP contribution in [-0.4, -0.2) is 45.7 Å². The monoisotopic (exact) mass is 502 g/mol. The Hall–Kier alpha value is -2.07. The van der Waals surface area contributed by atoms with Gasteiger partial charge in [0.2, 0.25) is 0 Å². The summed E-state index contributed by atoms with van der Waals surface area (Å²) >= 11 is 0. The topological polar surface area (TPSA) is 72.1 Å². The van der Waals surface area contributed by atoms with Crippen LogP contribution in [0.15, 0.2) is 47.5 Å². The van der Waals surface area contributed by atoms with E-state index in [0.29, 0.717) is 30.5 Å². The Morgan fingerprint density at radius 3 is 2.46 bits per heavy atom. The van der Waals surface area contributed by atoms with Crippen LogP contribution >= 0.6 is 24.0 Å². The molecule has 6 nitrogen and oxygen atoms in total. The fraction of sp³-hybridized carbons (Fsp3) is 0.350. The van der Waals surface area contributed by atoms with Crippen LogP contribution < -0.4 is 20.5 Å². The molecule has 1 atom stereocenters. The van der Waals surface area contributed by atoms with Gasteiger partial charge in [0.1, 0.15) is 5.82 Å². The number of hydrogen-bond donors (Lipinski definition) is 2. The predicted octanol–water partition coefficient (Wildman–Crippen LogP) is 3.17. The lowest BCUT2D eigenvalue weighted by molar-refractivity contribution is 0.298. The number of guanidine groups is 1. The first-order chi connectivity index (χ1) is 12.9. The summed E-state index contributed by atoms with van der Waals surface area (Å²) in [6.07, 6.45) is 0. The van der Waals surface area contributed by atoms with Crippen LogP contribution in [0.1, 0.15) is 17.2 Å². The highest BCUT2D eigenvalue weighted by Gasteiger charge is 2.14. The van der Waals surface area contributed by atoms with E-state index >= 15 is 0 Å².